The third-order valence-electron chi connectivity index (χ3n) is 3.94. The van der Waals surface area contributed by atoms with Crippen molar-refractivity contribution in [1.29, 1.82) is 0 Å². The standard InChI is InChI=1S/C15H22N2O/c1-15(11-18-12-15)10-16-13-5-4-6-14(9-13)17-7-2-3-8-17/h4-6,9,16H,2-3,7-8,10-12H2,1H3. The summed E-state index contributed by atoms with van der Waals surface area (Å²) in [4.78, 5) is 2.47. The number of nitrogens with one attached hydrogen (secondary N) is 1. The predicted octanol–water partition coefficient (Wildman–Crippen LogP) is 2.74. The van der Waals surface area contributed by atoms with Crippen LogP contribution in [0.2, 0.25) is 0 Å². The summed E-state index contributed by atoms with van der Waals surface area (Å²) in [6.07, 6.45) is 2.65. The molecular weight excluding hydrogens is 224 g/mol. The molecular formula is C15H22N2O. The Labute approximate surface area is 109 Å². The number of anilines is 2. The molecule has 0 aromatic heterocycles. The van der Waals surface area contributed by atoms with Crippen molar-refractivity contribution in [2.24, 2.45) is 5.41 Å². The van der Waals surface area contributed by atoms with Gasteiger partial charge in [0, 0.05) is 36.4 Å². The van der Waals surface area contributed by atoms with E-state index in [0.29, 0.717) is 5.41 Å². The lowest BCUT2D eigenvalue weighted by Crippen LogP contribution is -2.45. The number of hydrogen-bond donors (Lipinski definition) is 1. The fourth-order valence-corrected chi connectivity index (χ4v) is 2.66. The van der Waals surface area contributed by atoms with Crippen LogP contribution >= 0.6 is 0 Å². The van der Waals surface area contributed by atoms with Gasteiger partial charge in [0.05, 0.1) is 13.2 Å². The predicted molar refractivity (Wildman–Crippen MR) is 75.3 cm³/mol. The van der Waals surface area contributed by atoms with Crippen molar-refractivity contribution in [3.63, 3.8) is 0 Å². The topological polar surface area (TPSA) is 24.5 Å². The Kier molecular flexibility index (Phi) is 3.16. The van der Waals surface area contributed by atoms with Gasteiger partial charge in [0.1, 0.15) is 0 Å². The van der Waals surface area contributed by atoms with Crippen LogP contribution in [-0.4, -0.2) is 32.8 Å². The number of nitrogens with zero attached hydrogens (tertiary/aromatic N) is 1. The van der Waals surface area contributed by atoms with Crippen molar-refractivity contribution in [3.05, 3.63) is 24.3 Å². The molecule has 0 atom stereocenters. The van der Waals surface area contributed by atoms with Crippen LogP contribution in [-0.2, 0) is 4.74 Å². The van der Waals surface area contributed by atoms with Crippen LogP contribution in [0.4, 0.5) is 11.4 Å². The van der Waals surface area contributed by atoms with Crippen molar-refractivity contribution in [2.45, 2.75) is 19.8 Å². The van der Waals surface area contributed by atoms with E-state index in [4.69, 9.17) is 4.74 Å². The van der Waals surface area contributed by atoms with E-state index in [-0.39, 0.29) is 0 Å². The number of benzene rings is 1. The van der Waals surface area contributed by atoms with Gasteiger partial charge in [-0.25, -0.2) is 0 Å². The Balaban J connectivity index is 1.63. The molecule has 3 rings (SSSR count). The smallest absolute Gasteiger partial charge is 0.0559 e. The van der Waals surface area contributed by atoms with Gasteiger partial charge in [0.25, 0.3) is 0 Å². The molecule has 2 heterocycles. The molecule has 0 amide bonds. The van der Waals surface area contributed by atoms with Gasteiger partial charge in [-0.05, 0) is 31.0 Å². The van der Waals surface area contributed by atoms with Gasteiger partial charge >= 0.3 is 0 Å². The molecule has 0 aliphatic carbocycles. The van der Waals surface area contributed by atoms with E-state index >= 15 is 0 Å². The summed E-state index contributed by atoms with van der Waals surface area (Å²) in [7, 11) is 0. The highest BCUT2D eigenvalue weighted by Gasteiger charge is 2.32. The first kappa shape index (κ1) is 11.8. The zero-order valence-corrected chi connectivity index (χ0v) is 11.1. The zero-order chi connectivity index (χ0) is 12.4. The number of ether oxygens (including phenoxy) is 1. The Hall–Kier alpha value is -1.22. The Morgan fingerprint density at radius 3 is 2.72 bits per heavy atom. The van der Waals surface area contributed by atoms with Crippen LogP contribution in [0.25, 0.3) is 0 Å². The monoisotopic (exact) mass is 246 g/mol. The van der Waals surface area contributed by atoms with Gasteiger partial charge in [-0.1, -0.05) is 13.0 Å². The quantitative estimate of drug-likeness (QED) is 0.884. The maximum Gasteiger partial charge on any atom is 0.0559 e. The van der Waals surface area contributed by atoms with Gasteiger partial charge in [-0.2, -0.15) is 0 Å². The molecule has 0 unspecified atom stereocenters. The highest BCUT2D eigenvalue weighted by atomic mass is 16.5. The van der Waals surface area contributed by atoms with E-state index in [2.05, 4.69) is 41.4 Å². The number of hydrogen-bond acceptors (Lipinski definition) is 3. The summed E-state index contributed by atoms with van der Waals surface area (Å²) in [5, 5.41) is 3.54. The summed E-state index contributed by atoms with van der Waals surface area (Å²) >= 11 is 0. The van der Waals surface area contributed by atoms with Crippen LogP contribution < -0.4 is 10.2 Å². The normalized spacial score (nSPS) is 21.7. The molecule has 18 heavy (non-hydrogen) atoms. The van der Waals surface area contributed by atoms with E-state index in [0.717, 1.165) is 19.8 Å². The minimum absolute atomic E-state index is 0.323. The van der Waals surface area contributed by atoms with Crippen LogP contribution in [0.1, 0.15) is 19.8 Å². The molecule has 0 saturated carbocycles. The number of rotatable bonds is 4. The summed E-state index contributed by atoms with van der Waals surface area (Å²) in [6.45, 7) is 7.44. The summed E-state index contributed by atoms with van der Waals surface area (Å²) in [6, 6.07) is 8.79. The first-order valence-corrected chi connectivity index (χ1v) is 6.92. The Morgan fingerprint density at radius 1 is 1.28 bits per heavy atom. The van der Waals surface area contributed by atoms with Crippen molar-refractivity contribution < 1.29 is 4.74 Å². The molecule has 2 aliphatic rings. The molecule has 1 N–H and O–H groups in total. The van der Waals surface area contributed by atoms with E-state index in [1.54, 1.807) is 0 Å². The van der Waals surface area contributed by atoms with Crippen LogP contribution in [0.15, 0.2) is 24.3 Å². The second-order valence-electron chi connectivity index (χ2n) is 5.90. The highest BCUT2D eigenvalue weighted by molar-refractivity contribution is 5.58. The fourth-order valence-electron chi connectivity index (χ4n) is 2.66. The van der Waals surface area contributed by atoms with Gasteiger partial charge in [0.2, 0.25) is 0 Å². The SMILES string of the molecule is CC1(CNc2cccc(N3CCCC3)c2)COC1. The lowest BCUT2D eigenvalue weighted by Gasteiger charge is -2.38. The van der Waals surface area contributed by atoms with Crippen molar-refractivity contribution in [1.82, 2.24) is 0 Å². The molecule has 0 bridgehead atoms. The molecule has 2 fully saturated rings. The molecule has 2 saturated heterocycles. The Bertz CT molecular complexity index is 409. The largest absolute Gasteiger partial charge is 0.384 e. The fraction of sp³-hybridized carbons (Fsp3) is 0.600. The maximum atomic E-state index is 5.28. The zero-order valence-electron chi connectivity index (χ0n) is 11.1. The molecule has 0 radical (unpaired) electrons. The molecule has 2 aliphatic heterocycles. The minimum Gasteiger partial charge on any atom is -0.384 e. The molecule has 3 heteroatoms. The summed E-state index contributed by atoms with van der Waals surface area (Å²) < 4.78 is 5.28. The average Bonchev–Trinajstić information content (AvgIpc) is 2.88. The van der Waals surface area contributed by atoms with Crippen LogP contribution in [0, 0.1) is 5.41 Å². The lowest BCUT2D eigenvalue weighted by atomic mass is 9.89. The third-order valence-corrected chi connectivity index (χ3v) is 3.94. The van der Waals surface area contributed by atoms with Gasteiger partial charge in [-0.3, -0.25) is 0 Å². The van der Waals surface area contributed by atoms with Crippen LogP contribution in [0.5, 0.6) is 0 Å². The first-order valence-electron chi connectivity index (χ1n) is 6.92. The van der Waals surface area contributed by atoms with Gasteiger partial charge in [0.15, 0.2) is 0 Å². The highest BCUT2D eigenvalue weighted by Crippen LogP contribution is 2.28. The lowest BCUT2D eigenvalue weighted by molar-refractivity contribution is -0.0924. The molecule has 0 spiro atoms. The van der Waals surface area contributed by atoms with E-state index in [9.17, 15) is 0 Å². The molecule has 3 nitrogen and oxygen atoms in total. The van der Waals surface area contributed by atoms with Crippen molar-refractivity contribution in [3.8, 4) is 0 Å². The Morgan fingerprint density at radius 2 is 2.06 bits per heavy atom. The van der Waals surface area contributed by atoms with E-state index in [1.165, 1.54) is 37.3 Å². The van der Waals surface area contributed by atoms with Crippen LogP contribution in [0.3, 0.4) is 0 Å². The van der Waals surface area contributed by atoms with Gasteiger partial charge < -0.3 is 15.0 Å². The summed E-state index contributed by atoms with van der Waals surface area (Å²) in [5.41, 5.74) is 2.91. The van der Waals surface area contributed by atoms with E-state index in [1.807, 2.05) is 0 Å². The summed E-state index contributed by atoms with van der Waals surface area (Å²) in [5.74, 6) is 0. The van der Waals surface area contributed by atoms with Gasteiger partial charge in [-0.15, -0.1) is 0 Å². The maximum absolute atomic E-state index is 5.28. The minimum atomic E-state index is 0.323. The molecule has 1 aromatic carbocycles. The average molecular weight is 246 g/mol. The third kappa shape index (κ3) is 2.46. The van der Waals surface area contributed by atoms with Crippen molar-refractivity contribution in [2.75, 3.05) is 43.1 Å². The second kappa shape index (κ2) is 4.81. The van der Waals surface area contributed by atoms with Crippen molar-refractivity contribution >= 4 is 11.4 Å². The molecule has 1 aromatic rings. The molecule has 98 valence electrons. The van der Waals surface area contributed by atoms with E-state index < -0.39 is 0 Å². The first-order chi connectivity index (χ1) is 8.75. The second-order valence-corrected chi connectivity index (χ2v) is 5.90.